The molecule has 1 aliphatic rings. The van der Waals surface area contributed by atoms with Crippen LogP contribution in [-0.4, -0.2) is 58.5 Å². The second-order valence-corrected chi connectivity index (χ2v) is 9.53. The van der Waals surface area contributed by atoms with E-state index in [0.717, 1.165) is 18.4 Å². The molecule has 1 heterocycles. The summed E-state index contributed by atoms with van der Waals surface area (Å²) in [6, 6.07) is 8.89. The number of nitrogens with zero attached hydrogens (tertiary/aromatic N) is 2. The highest BCUT2D eigenvalue weighted by Crippen LogP contribution is 2.24. The summed E-state index contributed by atoms with van der Waals surface area (Å²) in [5, 5.41) is 2.53. The molecule has 1 aliphatic heterocycles. The van der Waals surface area contributed by atoms with Crippen molar-refractivity contribution >= 4 is 17.9 Å². The minimum Gasteiger partial charge on any atom is -0.444 e. The highest BCUT2D eigenvalue weighted by atomic mass is 16.6. The van der Waals surface area contributed by atoms with Crippen molar-refractivity contribution in [2.75, 3.05) is 13.1 Å². The molecule has 1 fully saturated rings. The van der Waals surface area contributed by atoms with E-state index in [1.807, 2.05) is 49.1 Å². The number of alkyl carbamates (subject to hydrolysis) is 1. The van der Waals surface area contributed by atoms with Gasteiger partial charge in [-0.1, -0.05) is 50.3 Å². The van der Waals surface area contributed by atoms with E-state index in [0.29, 0.717) is 6.54 Å². The number of nitrogens with one attached hydrogen (secondary N) is 1. The van der Waals surface area contributed by atoms with Crippen LogP contribution in [0.25, 0.3) is 0 Å². The van der Waals surface area contributed by atoms with Crippen LogP contribution in [0.2, 0.25) is 0 Å². The Morgan fingerprint density at radius 1 is 1.25 bits per heavy atom. The summed E-state index contributed by atoms with van der Waals surface area (Å²) in [4.78, 5) is 42.4. The van der Waals surface area contributed by atoms with Crippen LogP contribution in [0, 0.1) is 5.92 Å². The van der Waals surface area contributed by atoms with Gasteiger partial charge in [-0.2, -0.15) is 0 Å². The normalized spacial score (nSPS) is 17.1. The average Bonchev–Trinajstić information content (AvgIpc) is 3.19. The van der Waals surface area contributed by atoms with Crippen molar-refractivity contribution < 1.29 is 19.1 Å². The van der Waals surface area contributed by atoms with Crippen LogP contribution in [0.3, 0.4) is 0 Å². The standard InChI is InChI=1S/C25H37N3O4/c1-7-20-14-11-15-27(20)23(30)22(18(2)3)28(17-19-12-9-8-10-13-19)21(29)16-26-24(31)32-25(4,5)6/h7-10,12-13,18,20,22H,1,11,14-17H2,2-6H3,(H,26,31). The maximum atomic E-state index is 13.6. The van der Waals surface area contributed by atoms with Gasteiger partial charge in [0, 0.05) is 19.1 Å². The fourth-order valence-corrected chi connectivity index (χ4v) is 3.94. The van der Waals surface area contributed by atoms with Gasteiger partial charge in [-0.05, 0) is 45.1 Å². The van der Waals surface area contributed by atoms with Crippen LogP contribution < -0.4 is 5.32 Å². The minimum atomic E-state index is -0.664. The highest BCUT2D eigenvalue weighted by Gasteiger charge is 2.38. The number of hydrogen-bond donors (Lipinski definition) is 1. The Bertz CT molecular complexity index is 801. The molecule has 2 unspecified atom stereocenters. The molecule has 176 valence electrons. The van der Waals surface area contributed by atoms with Crippen molar-refractivity contribution in [3.8, 4) is 0 Å². The molecule has 0 saturated carbocycles. The molecule has 0 bridgehead atoms. The third-order valence-corrected chi connectivity index (χ3v) is 5.37. The predicted molar refractivity (Wildman–Crippen MR) is 125 cm³/mol. The van der Waals surface area contributed by atoms with E-state index in [9.17, 15) is 14.4 Å². The predicted octanol–water partition coefficient (Wildman–Crippen LogP) is 3.74. The third-order valence-electron chi connectivity index (χ3n) is 5.37. The topological polar surface area (TPSA) is 79.0 Å². The Balaban J connectivity index is 2.26. The summed E-state index contributed by atoms with van der Waals surface area (Å²) in [5.74, 6) is -0.521. The first-order valence-electron chi connectivity index (χ1n) is 11.3. The third kappa shape index (κ3) is 7.11. The Kier molecular flexibility index (Phi) is 8.87. The molecule has 7 nitrogen and oxygen atoms in total. The smallest absolute Gasteiger partial charge is 0.408 e. The Labute approximate surface area is 191 Å². The number of hydrogen-bond acceptors (Lipinski definition) is 4. The molecular weight excluding hydrogens is 406 g/mol. The van der Waals surface area contributed by atoms with Crippen LogP contribution in [0.15, 0.2) is 43.0 Å². The van der Waals surface area contributed by atoms with E-state index in [2.05, 4.69) is 11.9 Å². The lowest BCUT2D eigenvalue weighted by Crippen LogP contribution is -2.55. The van der Waals surface area contributed by atoms with Crippen LogP contribution in [-0.2, 0) is 20.9 Å². The van der Waals surface area contributed by atoms with Crippen LogP contribution >= 0.6 is 0 Å². The maximum absolute atomic E-state index is 13.6. The molecule has 2 atom stereocenters. The van der Waals surface area contributed by atoms with Crippen molar-refractivity contribution in [1.29, 1.82) is 0 Å². The van der Waals surface area contributed by atoms with Gasteiger partial charge in [0.05, 0.1) is 0 Å². The van der Waals surface area contributed by atoms with E-state index in [4.69, 9.17) is 4.74 Å². The van der Waals surface area contributed by atoms with Crippen LogP contribution in [0.1, 0.15) is 53.0 Å². The summed E-state index contributed by atoms with van der Waals surface area (Å²) in [6.07, 6.45) is 2.94. The van der Waals surface area contributed by atoms with Crippen LogP contribution in [0.4, 0.5) is 4.79 Å². The lowest BCUT2D eigenvalue weighted by Gasteiger charge is -2.37. The summed E-state index contributed by atoms with van der Waals surface area (Å²) < 4.78 is 5.24. The van der Waals surface area contributed by atoms with Crippen molar-refractivity contribution in [3.05, 3.63) is 48.6 Å². The van der Waals surface area contributed by atoms with Crippen molar-refractivity contribution in [3.63, 3.8) is 0 Å². The molecule has 1 N–H and O–H groups in total. The summed E-state index contributed by atoms with van der Waals surface area (Å²) in [5.41, 5.74) is 0.251. The van der Waals surface area contributed by atoms with Crippen molar-refractivity contribution in [2.24, 2.45) is 5.92 Å². The summed E-state index contributed by atoms with van der Waals surface area (Å²) in [6.45, 7) is 13.7. The molecule has 3 amide bonds. The minimum absolute atomic E-state index is 0.0164. The zero-order valence-electron chi connectivity index (χ0n) is 20.0. The molecular formula is C25H37N3O4. The number of rotatable bonds is 8. The first-order chi connectivity index (χ1) is 15.0. The molecule has 1 aromatic rings. The van der Waals surface area contributed by atoms with Gasteiger partial charge >= 0.3 is 6.09 Å². The molecule has 7 heteroatoms. The average molecular weight is 444 g/mol. The number of ether oxygens (including phenoxy) is 1. The second kappa shape index (κ2) is 11.2. The fraction of sp³-hybridized carbons (Fsp3) is 0.560. The Morgan fingerprint density at radius 3 is 2.47 bits per heavy atom. The molecule has 0 spiro atoms. The Hall–Kier alpha value is -2.83. The van der Waals surface area contributed by atoms with E-state index in [-0.39, 0.29) is 36.9 Å². The molecule has 2 rings (SSSR count). The fourth-order valence-electron chi connectivity index (χ4n) is 3.94. The van der Waals surface area contributed by atoms with Gasteiger partial charge in [-0.25, -0.2) is 4.79 Å². The van der Waals surface area contributed by atoms with E-state index >= 15 is 0 Å². The molecule has 0 aromatic heterocycles. The molecule has 0 aliphatic carbocycles. The van der Waals surface area contributed by atoms with Gasteiger partial charge in [0.1, 0.15) is 18.2 Å². The quantitative estimate of drug-likeness (QED) is 0.621. The number of likely N-dealkylation sites (tertiary alicyclic amines) is 1. The van der Waals surface area contributed by atoms with Gasteiger partial charge in [-0.3, -0.25) is 9.59 Å². The van der Waals surface area contributed by atoms with Crippen molar-refractivity contribution in [1.82, 2.24) is 15.1 Å². The van der Waals surface area contributed by atoms with E-state index in [1.165, 1.54) is 0 Å². The highest BCUT2D eigenvalue weighted by molar-refractivity contribution is 5.90. The number of benzene rings is 1. The largest absolute Gasteiger partial charge is 0.444 e. The summed E-state index contributed by atoms with van der Waals surface area (Å²) in [7, 11) is 0. The molecule has 0 radical (unpaired) electrons. The number of amides is 3. The number of carbonyl (C=O) groups is 3. The second-order valence-electron chi connectivity index (χ2n) is 9.53. The molecule has 32 heavy (non-hydrogen) atoms. The molecule has 1 saturated heterocycles. The van der Waals surface area contributed by atoms with Gasteiger partial charge in [0.25, 0.3) is 0 Å². The first kappa shape index (κ1) is 25.4. The van der Waals surface area contributed by atoms with Crippen molar-refractivity contribution in [2.45, 2.75) is 71.7 Å². The lowest BCUT2D eigenvalue weighted by atomic mass is 9.99. The number of carbonyl (C=O) groups excluding carboxylic acids is 3. The summed E-state index contributed by atoms with van der Waals surface area (Å²) >= 11 is 0. The zero-order valence-corrected chi connectivity index (χ0v) is 20.0. The van der Waals surface area contributed by atoms with Gasteiger partial charge in [0.15, 0.2) is 0 Å². The molecule has 1 aromatic carbocycles. The maximum Gasteiger partial charge on any atom is 0.408 e. The first-order valence-corrected chi connectivity index (χ1v) is 11.3. The zero-order chi connectivity index (χ0) is 23.9. The van der Waals surface area contributed by atoms with Gasteiger partial charge < -0.3 is 19.9 Å². The van der Waals surface area contributed by atoms with Gasteiger partial charge in [-0.15, -0.1) is 6.58 Å². The van der Waals surface area contributed by atoms with Gasteiger partial charge in [0.2, 0.25) is 11.8 Å². The van der Waals surface area contributed by atoms with E-state index < -0.39 is 17.7 Å². The van der Waals surface area contributed by atoms with Crippen LogP contribution in [0.5, 0.6) is 0 Å². The Morgan fingerprint density at radius 2 is 1.91 bits per heavy atom. The van der Waals surface area contributed by atoms with E-state index in [1.54, 1.807) is 31.7 Å². The monoisotopic (exact) mass is 443 g/mol. The lowest BCUT2D eigenvalue weighted by molar-refractivity contribution is -0.148. The SMILES string of the molecule is C=CC1CCCN1C(=O)C(C(C)C)N(Cc1ccccc1)C(=O)CNC(=O)OC(C)(C)C.